The monoisotopic (exact) mass is 289 g/mol. The molecule has 0 aliphatic heterocycles. The fourth-order valence-corrected chi connectivity index (χ4v) is 1.71. The maximum Gasteiger partial charge on any atom is 0.189 e. The number of anilines is 2. The van der Waals surface area contributed by atoms with Gasteiger partial charge in [-0.05, 0) is 48.6 Å². The van der Waals surface area contributed by atoms with Gasteiger partial charge in [0.1, 0.15) is 11.5 Å². The van der Waals surface area contributed by atoms with E-state index in [-0.39, 0.29) is 5.75 Å². The number of rotatable bonds is 4. The Morgan fingerprint density at radius 1 is 1.10 bits per heavy atom. The number of phenolic OH excluding ortho intramolecular Hbond substituents is 1. The lowest BCUT2D eigenvalue weighted by atomic mass is 10.3. The molecule has 20 heavy (non-hydrogen) atoms. The van der Waals surface area contributed by atoms with E-state index in [1.54, 1.807) is 25.3 Å². The number of hydrazine groups is 1. The molecule has 104 valence electrons. The van der Waals surface area contributed by atoms with Crippen molar-refractivity contribution in [2.24, 2.45) is 0 Å². The molecule has 0 heterocycles. The zero-order chi connectivity index (χ0) is 14.4. The molecule has 0 unspecified atom stereocenters. The summed E-state index contributed by atoms with van der Waals surface area (Å²) in [5, 5.41) is 13.0. The van der Waals surface area contributed by atoms with Gasteiger partial charge in [-0.3, -0.25) is 10.9 Å². The summed E-state index contributed by atoms with van der Waals surface area (Å²) in [4.78, 5) is 0. The highest BCUT2D eigenvalue weighted by Crippen LogP contribution is 2.20. The second kappa shape index (κ2) is 6.63. The Hall–Kier alpha value is -2.47. The summed E-state index contributed by atoms with van der Waals surface area (Å²) in [6, 6.07) is 14.3. The van der Waals surface area contributed by atoms with Gasteiger partial charge in [-0.2, -0.15) is 0 Å². The van der Waals surface area contributed by atoms with Crippen molar-refractivity contribution in [2.45, 2.75) is 0 Å². The Morgan fingerprint density at radius 2 is 1.80 bits per heavy atom. The number of hydrogen-bond donors (Lipinski definition) is 4. The van der Waals surface area contributed by atoms with Crippen molar-refractivity contribution in [3.63, 3.8) is 0 Å². The van der Waals surface area contributed by atoms with Gasteiger partial charge in [0.25, 0.3) is 0 Å². The van der Waals surface area contributed by atoms with E-state index in [2.05, 4.69) is 16.2 Å². The van der Waals surface area contributed by atoms with Gasteiger partial charge in [0, 0.05) is 5.69 Å². The predicted molar refractivity (Wildman–Crippen MR) is 84.1 cm³/mol. The predicted octanol–water partition coefficient (Wildman–Crippen LogP) is 2.71. The van der Waals surface area contributed by atoms with E-state index in [9.17, 15) is 5.11 Å². The number of ether oxygens (including phenoxy) is 1. The third-order valence-corrected chi connectivity index (χ3v) is 2.77. The van der Waals surface area contributed by atoms with Crippen LogP contribution in [0.2, 0.25) is 0 Å². The van der Waals surface area contributed by atoms with Crippen LogP contribution in [0, 0.1) is 0 Å². The molecule has 5 nitrogen and oxygen atoms in total. The first-order valence-corrected chi connectivity index (χ1v) is 6.35. The van der Waals surface area contributed by atoms with E-state index < -0.39 is 0 Å². The Morgan fingerprint density at radius 3 is 2.45 bits per heavy atom. The number of aromatic hydroxyl groups is 1. The van der Waals surface area contributed by atoms with Gasteiger partial charge in [-0.15, -0.1) is 0 Å². The van der Waals surface area contributed by atoms with Crippen LogP contribution in [0.25, 0.3) is 0 Å². The summed E-state index contributed by atoms with van der Waals surface area (Å²) < 4.78 is 5.08. The zero-order valence-corrected chi connectivity index (χ0v) is 11.7. The van der Waals surface area contributed by atoms with Crippen LogP contribution in [0.5, 0.6) is 11.5 Å². The van der Waals surface area contributed by atoms with Crippen molar-refractivity contribution >= 4 is 28.7 Å². The minimum absolute atomic E-state index is 0.146. The summed E-state index contributed by atoms with van der Waals surface area (Å²) in [5.74, 6) is 0.925. The smallest absolute Gasteiger partial charge is 0.189 e. The summed E-state index contributed by atoms with van der Waals surface area (Å²) in [5.41, 5.74) is 7.01. The normalized spacial score (nSPS) is 9.65. The van der Waals surface area contributed by atoms with E-state index in [0.717, 1.165) is 11.4 Å². The SMILES string of the molecule is COc1ccc(NC(=S)NNc2ccccc2O)cc1. The molecule has 4 N–H and O–H groups in total. The fraction of sp³-hybridized carbons (Fsp3) is 0.0714. The number of thiocarbonyl (C=S) groups is 1. The lowest BCUT2D eigenvalue weighted by Crippen LogP contribution is -2.33. The molecule has 2 aromatic rings. The summed E-state index contributed by atoms with van der Waals surface area (Å²) >= 11 is 5.14. The van der Waals surface area contributed by atoms with E-state index >= 15 is 0 Å². The van der Waals surface area contributed by atoms with Crippen LogP contribution in [0.4, 0.5) is 11.4 Å². The van der Waals surface area contributed by atoms with Crippen LogP contribution in [0.3, 0.4) is 0 Å². The maximum absolute atomic E-state index is 9.59. The fourth-order valence-electron chi connectivity index (χ4n) is 1.54. The van der Waals surface area contributed by atoms with E-state index in [1.807, 2.05) is 30.3 Å². The molecule has 0 spiro atoms. The van der Waals surface area contributed by atoms with Crippen molar-refractivity contribution in [1.29, 1.82) is 0 Å². The molecule has 0 aliphatic carbocycles. The second-order valence-electron chi connectivity index (χ2n) is 3.95. The third kappa shape index (κ3) is 3.76. The average molecular weight is 289 g/mol. The van der Waals surface area contributed by atoms with Crippen LogP contribution in [-0.4, -0.2) is 17.3 Å². The number of methoxy groups -OCH3 is 1. The van der Waals surface area contributed by atoms with Crippen molar-refractivity contribution in [3.8, 4) is 11.5 Å². The van der Waals surface area contributed by atoms with E-state index in [1.165, 1.54) is 0 Å². The number of hydrogen-bond acceptors (Lipinski definition) is 4. The first-order chi connectivity index (χ1) is 9.69. The third-order valence-electron chi connectivity index (χ3n) is 2.56. The molecule has 0 aliphatic rings. The van der Waals surface area contributed by atoms with Crippen molar-refractivity contribution < 1.29 is 9.84 Å². The van der Waals surface area contributed by atoms with Crippen LogP contribution in [0.15, 0.2) is 48.5 Å². The van der Waals surface area contributed by atoms with E-state index in [4.69, 9.17) is 17.0 Å². The Bertz CT molecular complexity index is 587. The number of nitrogens with one attached hydrogen (secondary N) is 3. The van der Waals surface area contributed by atoms with Crippen molar-refractivity contribution in [1.82, 2.24) is 5.43 Å². The minimum atomic E-state index is 0.146. The highest BCUT2D eigenvalue weighted by Gasteiger charge is 2.00. The molecule has 0 saturated heterocycles. The molecule has 0 aromatic heterocycles. The lowest BCUT2D eigenvalue weighted by molar-refractivity contribution is 0.415. The first-order valence-electron chi connectivity index (χ1n) is 5.94. The first kappa shape index (κ1) is 14.0. The highest BCUT2D eigenvalue weighted by molar-refractivity contribution is 7.80. The maximum atomic E-state index is 9.59. The molecule has 0 bridgehead atoms. The second-order valence-corrected chi connectivity index (χ2v) is 4.36. The molecule has 2 aromatic carbocycles. The largest absolute Gasteiger partial charge is 0.506 e. The lowest BCUT2D eigenvalue weighted by Gasteiger charge is -2.13. The Labute approximate surface area is 122 Å². The van der Waals surface area contributed by atoms with Gasteiger partial charge in [0.2, 0.25) is 0 Å². The van der Waals surface area contributed by atoms with Crippen LogP contribution in [-0.2, 0) is 0 Å². The van der Waals surface area contributed by atoms with Gasteiger partial charge in [0.05, 0.1) is 12.8 Å². The quantitative estimate of drug-likeness (QED) is 0.394. The molecule has 0 atom stereocenters. The molecular weight excluding hydrogens is 274 g/mol. The van der Waals surface area contributed by atoms with Crippen LogP contribution < -0.4 is 20.9 Å². The standard InChI is InChI=1S/C14H15N3O2S/c1-19-11-8-6-10(7-9-11)15-14(20)17-16-12-4-2-3-5-13(12)18/h2-9,16,18H,1H3,(H2,15,17,20). The van der Waals surface area contributed by atoms with Gasteiger partial charge < -0.3 is 15.2 Å². The molecular formula is C14H15N3O2S. The Balaban J connectivity index is 1.87. The molecule has 0 radical (unpaired) electrons. The van der Waals surface area contributed by atoms with Crippen LogP contribution in [0.1, 0.15) is 0 Å². The molecule has 0 fully saturated rings. The minimum Gasteiger partial charge on any atom is -0.506 e. The van der Waals surface area contributed by atoms with E-state index in [0.29, 0.717) is 10.8 Å². The number of para-hydroxylation sites is 2. The zero-order valence-electron chi connectivity index (χ0n) is 10.9. The Kier molecular flexibility index (Phi) is 4.62. The van der Waals surface area contributed by atoms with Crippen molar-refractivity contribution in [2.75, 3.05) is 17.9 Å². The van der Waals surface area contributed by atoms with Gasteiger partial charge in [-0.25, -0.2) is 0 Å². The summed E-state index contributed by atoms with van der Waals surface area (Å²) in [7, 11) is 1.62. The van der Waals surface area contributed by atoms with Gasteiger partial charge in [-0.1, -0.05) is 12.1 Å². The molecule has 2 rings (SSSR count). The average Bonchev–Trinajstić information content (AvgIpc) is 2.47. The molecule has 0 saturated carbocycles. The highest BCUT2D eigenvalue weighted by atomic mass is 32.1. The van der Waals surface area contributed by atoms with Gasteiger partial charge >= 0.3 is 0 Å². The number of phenols is 1. The summed E-state index contributed by atoms with van der Waals surface area (Å²) in [6.45, 7) is 0. The topological polar surface area (TPSA) is 65.5 Å². The summed E-state index contributed by atoms with van der Waals surface area (Å²) in [6.07, 6.45) is 0. The molecule has 6 heteroatoms. The molecule has 0 amide bonds. The van der Waals surface area contributed by atoms with Gasteiger partial charge in [0.15, 0.2) is 5.11 Å². The van der Waals surface area contributed by atoms with Crippen molar-refractivity contribution in [3.05, 3.63) is 48.5 Å². The number of benzene rings is 2. The van der Waals surface area contributed by atoms with Crippen LogP contribution >= 0.6 is 12.2 Å².